The summed E-state index contributed by atoms with van der Waals surface area (Å²) >= 11 is 5.98. The minimum atomic E-state index is -0.245. The third-order valence-electron chi connectivity index (χ3n) is 5.90. The summed E-state index contributed by atoms with van der Waals surface area (Å²) in [6.45, 7) is 4.47. The summed E-state index contributed by atoms with van der Waals surface area (Å²) < 4.78 is 2.18. The van der Waals surface area contributed by atoms with E-state index in [1.807, 2.05) is 17.2 Å². The molecule has 28 heavy (non-hydrogen) atoms. The number of amides is 1. The second-order valence-corrected chi connectivity index (χ2v) is 7.91. The molecule has 6 nitrogen and oxygen atoms in total. The van der Waals surface area contributed by atoms with Gasteiger partial charge in [0.25, 0.3) is 5.91 Å². The number of anilines is 1. The van der Waals surface area contributed by atoms with Gasteiger partial charge in [-0.1, -0.05) is 18.5 Å². The number of carbonyl (C=O) groups excluding carboxylic acids is 1. The van der Waals surface area contributed by atoms with E-state index in [0.717, 1.165) is 30.9 Å². The van der Waals surface area contributed by atoms with E-state index >= 15 is 0 Å². The summed E-state index contributed by atoms with van der Waals surface area (Å²) in [6.07, 6.45) is 7.50. The van der Waals surface area contributed by atoms with Crippen molar-refractivity contribution in [2.75, 3.05) is 24.5 Å². The van der Waals surface area contributed by atoms with Crippen molar-refractivity contribution in [3.63, 3.8) is 0 Å². The lowest BCUT2D eigenvalue weighted by Gasteiger charge is -2.47. The first-order valence-electron chi connectivity index (χ1n) is 9.68. The Balaban J connectivity index is 1.58. The van der Waals surface area contributed by atoms with Crippen molar-refractivity contribution >= 4 is 23.2 Å². The van der Waals surface area contributed by atoms with Crippen molar-refractivity contribution in [3.8, 4) is 5.82 Å². The molecule has 0 radical (unpaired) electrons. The third kappa shape index (κ3) is 2.41. The SMILES string of the molecule is CCCN1c2cccnc2-n2cccc2[C@]12CCN(C(=O)c1c[nH]c(Cl)c1)C2. The van der Waals surface area contributed by atoms with Gasteiger partial charge in [-0.05, 0) is 43.2 Å². The Morgan fingerprint density at radius 3 is 3.04 bits per heavy atom. The summed E-state index contributed by atoms with van der Waals surface area (Å²) in [5.74, 6) is 0.982. The Bertz CT molecular complexity index is 1040. The van der Waals surface area contributed by atoms with Gasteiger partial charge in [0.1, 0.15) is 10.7 Å². The van der Waals surface area contributed by atoms with E-state index in [2.05, 4.69) is 50.8 Å². The van der Waals surface area contributed by atoms with E-state index in [1.165, 1.54) is 5.69 Å². The summed E-state index contributed by atoms with van der Waals surface area (Å²) in [6, 6.07) is 10.1. The molecular formula is C21H22ClN5O. The molecule has 0 bridgehead atoms. The number of hydrogen-bond acceptors (Lipinski definition) is 3. The molecule has 1 fully saturated rings. The second-order valence-electron chi connectivity index (χ2n) is 7.51. The minimum absolute atomic E-state index is 0.0200. The van der Waals surface area contributed by atoms with Crippen LogP contribution in [0.1, 0.15) is 35.8 Å². The lowest BCUT2D eigenvalue weighted by molar-refractivity contribution is 0.0782. The van der Waals surface area contributed by atoms with Gasteiger partial charge in [0.05, 0.1) is 16.9 Å². The van der Waals surface area contributed by atoms with Gasteiger partial charge in [0.15, 0.2) is 5.82 Å². The van der Waals surface area contributed by atoms with Gasteiger partial charge in [0.2, 0.25) is 0 Å². The van der Waals surface area contributed by atoms with Crippen LogP contribution in [0.25, 0.3) is 5.82 Å². The second kappa shape index (κ2) is 6.41. The monoisotopic (exact) mass is 395 g/mol. The number of halogens is 1. The minimum Gasteiger partial charge on any atom is -0.355 e. The highest BCUT2D eigenvalue weighted by Gasteiger charge is 2.50. The number of H-pyrrole nitrogens is 1. The maximum Gasteiger partial charge on any atom is 0.255 e. The van der Waals surface area contributed by atoms with Crippen LogP contribution in [-0.4, -0.2) is 45.0 Å². The topological polar surface area (TPSA) is 57.2 Å². The quantitative estimate of drug-likeness (QED) is 0.733. The van der Waals surface area contributed by atoms with Crippen LogP contribution >= 0.6 is 11.6 Å². The molecule has 1 atom stereocenters. The Hall–Kier alpha value is -2.73. The van der Waals surface area contributed by atoms with Crippen molar-refractivity contribution in [1.82, 2.24) is 19.4 Å². The standard InChI is InChI=1S/C21H22ClN5O/c1-2-9-27-16-5-3-8-23-19(16)26-10-4-6-17(26)21(27)7-11-25(14-21)20(28)15-12-18(22)24-13-15/h3-6,8,10,12-13,24H,2,7,9,11,14H2,1H3/t21-/m1/s1. The molecular weight excluding hydrogens is 374 g/mol. The van der Waals surface area contributed by atoms with Gasteiger partial charge in [-0.25, -0.2) is 4.98 Å². The number of nitrogens with zero attached hydrogens (tertiary/aromatic N) is 4. The molecule has 0 saturated carbocycles. The van der Waals surface area contributed by atoms with E-state index in [-0.39, 0.29) is 11.4 Å². The van der Waals surface area contributed by atoms with Crippen LogP contribution in [0.2, 0.25) is 5.15 Å². The van der Waals surface area contributed by atoms with Gasteiger partial charge >= 0.3 is 0 Å². The number of pyridine rings is 1. The van der Waals surface area contributed by atoms with Crippen LogP contribution in [-0.2, 0) is 5.54 Å². The molecule has 7 heteroatoms. The molecule has 0 aliphatic carbocycles. The van der Waals surface area contributed by atoms with Crippen molar-refractivity contribution in [2.45, 2.75) is 25.3 Å². The smallest absolute Gasteiger partial charge is 0.255 e. The highest BCUT2D eigenvalue weighted by atomic mass is 35.5. The maximum atomic E-state index is 13.1. The summed E-state index contributed by atoms with van der Waals surface area (Å²) in [4.78, 5) is 25.0. The van der Waals surface area contributed by atoms with Gasteiger partial charge in [0, 0.05) is 38.2 Å². The van der Waals surface area contributed by atoms with E-state index in [4.69, 9.17) is 11.6 Å². The number of nitrogens with one attached hydrogen (secondary N) is 1. The molecule has 3 aromatic rings. The molecule has 2 aliphatic rings. The van der Waals surface area contributed by atoms with E-state index in [9.17, 15) is 4.79 Å². The van der Waals surface area contributed by atoms with Gasteiger partial charge in [-0.3, -0.25) is 4.79 Å². The average Bonchev–Trinajstić information content (AvgIpc) is 3.45. The number of carbonyl (C=O) groups is 1. The molecule has 5 rings (SSSR count). The number of aromatic nitrogens is 3. The largest absolute Gasteiger partial charge is 0.355 e. The zero-order valence-electron chi connectivity index (χ0n) is 15.7. The Morgan fingerprint density at radius 2 is 2.25 bits per heavy atom. The molecule has 1 amide bonds. The highest BCUT2D eigenvalue weighted by molar-refractivity contribution is 6.29. The van der Waals surface area contributed by atoms with Gasteiger partial charge < -0.3 is 19.4 Å². The fourth-order valence-electron chi connectivity index (χ4n) is 4.73. The molecule has 3 aromatic heterocycles. The predicted molar refractivity (Wildman–Crippen MR) is 109 cm³/mol. The van der Waals surface area contributed by atoms with Crippen LogP contribution < -0.4 is 4.90 Å². The zero-order chi connectivity index (χ0) is 19.3. The molecule has 2 aliphatic heterocycles. The number of fused-ring (bicyclic) bond motifs is 4. The summed E-state index contributed by atoms with van der Waals surface area (Å²) in [5, 5.41) is 0.483. The normalized spacial score (nSPS) is 20.5. The number of aromatic amines is 1. The van der Waals surface area contributed by atoms with E-state index < -0.39 is 0 Å². The fourth-order valence-corrected chi connectivity index (χ4v) is 4.90. The Morgan fingerprint density at radius 1 is 1.36 bits per heavy atom. The number of hydrogen-bond donors (Lipinski definition) is 1. The van der Waals surface area contributed by atoms with Crippen molar-refractivity contribution < 1.29 is 4.79 Å². The highest BCUT2D eigenvalue weighted by Crippen LogP contribution is 2.47. The summed E-state index contributed by atoms with van der Waals surface area (Å²) in [5.41, 5.74) is 2.70. The Labute approximate surface area is 168 Å². The van der Waals surface area contributed by atoms with Crippen LogP contribution in [0, 0.1) is 0 Å². The van der Waals surface area contributed by atoms with Crippen molar-refractivity contribution in [3.05, 3.63) is 65.3 Å². The Kier molecular flexibility index (Phi) is 3.98. The average molecular weight is 396 g/mol. The van der Waals surface area contributed by atoms with Crippen molar-refractivity contribution in [1.29, 1.82) is 0 Å². The first-order chi connectivity index (χ1) is 13.6. The maximum absolute atomic E-state index is 13.1. The van der Waals surface area contributed by atoms with Crippen LogP contribution in [0.5, 0.6) is 0 Å². The lowest BCUT2D eigenvalue weighted by atomic mass is 9.88. The molecule has 0 unspecified atom stereocenters. The molecule has 5 heterocycles. The van der Waals surface area contributed by atoms with Gasteiger partial charge in [-0.2, -0.15) is 0 Å². The fraction of sp³-hybridized carbons (Fsp3) is 0.333. The third-order valence-corrected chi connectivity index (χ3v) is 6.12. The summed E-state index contributed by atoms with van der Waals surface area (Å²) in [7, 11) is 0. The number of likely N-dealkylation sites (tertiary alicyclic amines) is 1. The zero-order valence-corrected chi connectivity index (χ0v) is 16.5. The van der Waals surface area contributed by atoms with Crippen LogP contribution in [0.3, 0.4) is 0 Å². The predicted octanol–water partition coefficient (Wildman–Crippen LogP) is 3.83. The first kappa shape index (κ1) is 17.4. The lowest BCUT2D eigenvalue weighted by Crippen LogP contribution is -2.53. The molecule has 0 aromatic carbocycles. The van der Waals surface area contributed by atoms with E-state index in [1.54, 1.807) is 12.3 Å². The van der Waals surface area contributed by atoms with Gasteiger partial charge in [-0.15, -0.1) is 0 Å². The van der Waals surface area contributed by atoms with Crippen LogP contribution in [0.4, 0.5) is 5.69 Å². The van der Waals surface area contributed by atoms with Crippen LogP contribution in [0.15, 0.2) is 48.9 Å². The molecule has 1 N–H and O–H groups in total. The first-order valence-corrected chi connectivity index (χ1v) is 10.1. The molecule has 144 valence electrons. The number of rotatable bonds is 3. The molecule has 1 spiro atoms. The van der Waals surface area contributed by atoms with Crippen molar-refractivity contribution in [2.24, 2.45) is 0 Å². The molecule has 1 saturated heterocycles. The van der Waals surface area contributed by atoms with E-state index in [0.29, 0.717) is 23.8 Å².